The number of cyclic esters (lactones) is 1. The van der Waals surface area contributed by atoms with Crippen LogP contribution in [0.1, 0.15) is 20.3 Å². The van der Waals surface area contributed by atoms with Gasteiger partial charge in [-0.25, -0.2) is 13.5 Å². The Morgan fingerprint density at radius 2 is 2.44 bits per heavy atom. The lowest BCUT2D eigenvalue weighted by atomic mass is 10.00. The zero-order valence-corrected chi connectivity index (χ0v) is 10.8. The molecule has 1 unspecified atom stereocenters. The van der Waals surface area contributed by atoms with E-state index in [1.54, 1.807) is 13.0 Å². The Balaban J connectivity index is 2.62. The molecule has 1 atom stereocenters. The van der Waals surface area contributed by atoms with Crippen LogP contribution in [0.3, 0.4) is 0 Å². The summed E-state index contributed by atoms with van der Waals surface area (Å²) < 4.78 is 11.3. The Morgan fingerprint density at radius 1 is 1.75 bits per heavy atom. The highest BCUT2D eigenvalue weighted by Crippen LogP contribution is 2.31. The van der Waals surface area contributed by atoms with E-state index >= 15 is 0 Å². The highest BCUT2D eigenvalue weighted by molar-refractivity contribution is 9.07. The molecule has 0 saturated carbocycles. The second kappa shape index (κ2) is 5.34. The summed E-state index contributed by atoms with van der Waals surface area (Å²) in [6.07, 6.45) is 3.11. The minimum atomic E-state index is -0.603. The molecule has 0 radical (unpaired) electrons. The van der Waals surface area contributed by atoms with Crippen molar-refractivity contribution in [3.63, 3.8) is 0 Å². The van der Waals surface area contributed by atoms with Gasteiger partial charge in [-0.15, -0.1) is 0 Å². The number of allylic oxidation sites excluding steroid dienone is 1. The standard InChI is InChI=1S/C10H14BrNO4/c1-3-5-8(13)15-6-10(4-2)7-16-9(14)12(10)11/h3,5H,4,6-7H2,1-2H3. The van der Waals surface area contributed by atoms with E-state index in [0.29, 0.717) is 6.42 Å². The van der Waals surface area contributed by atoms with E-state index in [9.17, 15) is 9.59 Å². The van der Waals surface area contributed by atoms with Crippen LogP contribution < -0.4 is 0 Å². The normalized spacial score (nSPS) is 24.9. The number of ether oxygens (including phenoxy) is 2. The van der Waals surface area contributed by atoms with Gasteiger partial charge in [0.25, 0.3) is 0 Å². The molecule has 0 aliphatic carbocycles. The van der Waals surface area contributed by atoms with E-state index in [2.05, 4.69) is 16.1 Å². The van der Waals surface area contributed by atoms with Gasteiger partial charge in [-0.1, -0.05) is 13.0 Å². The molecule has 1 saturated heterocycles. The third-order valence-electron chi connectivity index (χ3n) is 2.49. The number of hydrogen-bond donors (Lipinski definition) is 0. The fraction of sp³-hybridized carbons (Fsp3) is 0.600. The minimum absolute atomic E-state index is 0.115. The van der Waals surface area contributed by atoms with Crippen LogP contribution in [0.25, 0.3) is 0 Å². The van der Waals surface area contributed by atoms with Crippen molar-refractivity contribution in [2.24, 2.45) is 0 Å². The molecule has 0 N–H and O–H groups in total. The first kappa shape index (κ1) is 13.0. The van der Waals surface area contributed by atoms with Gasteiger partial charge in [0.05, 0.1) is 16.1 Å². The SMILES string of the molecule is CC=CC(=O)OCC1(CC)COC(=O)N1Br. The Morgan fingerprint density at radius 3 is 2.88 bits per heavy atom. The van der Waals surface area contributed by atoms with E-state index in [1.165, 1.54) is 10.0 Å². The van der Waals surface area contributed by atoms with Crippen molar-refractivity contribution in [2.45, 2.75) is 25.8 Å². The number of carbonyl (C=O) groups excluding carboxylic acids is 2. The molecule has 6 heteroatoms. The van der Waals surface area contributed by atoms with Crippen molar-refractivity contribution < 1.29 is 19.1 Å². The lowest BCUT2D eigenvalue weighted by Crippen LogP contribution is -2.45. The van der Waals surface area contributed by atoms with Gasteiger partial charge in [0.15, 0.2) is 0 Å². The van der Waals surface area contributed by atoms with E-state index in [1.807, 2.05) is 6.92 Å². The summed E-state index contributed by atoms with van der Waals surface area (Å²) in [6, 6.07) is 0. The maximum Gasteiger partial charge on any atom is 0.420 e. The Bertz CT molecular complexity index is 318. The molecule has 1 aliphatic rings. The predicted molar refractivity (Wildman–Crippen MR) is 60.9 cm³/mol. The van der Waals surface area contributed by atoms with Crippen LogP contribution in [0.2, 0.25) is 0 Å². The fourth-order valence-electron chi connectivity index (χ4n) is 1.33. The first-order valence-electron chi connectivity index (χ1n) is 4.98. The Hall–Kier alpha value is -1.04. The lowest BCUT2D eigenvalue weighted by molar-refractivity contribution is -0.140. The number of carbonyl (C=O) groups is 2. The zero-order valence-electron chi connectivity index (χ0n) is 9.23. The van der Waals surface area contributed by atoms with Gasteiger partial charge >= 0.3 is 12.1 Å². The van der Waals surface area contributed by atoms with Crippen LogP contribution in [-0.4, -0.2) is 34.7 Å². The summed E-state index contributed by atoms with van der Waals surface area (Å²) in [7, 11) is 0. The minimum Gasteiger partial charge on any atom is -0.460 e. The second-order valence-electron chi connectivity index (χ2n) is 3.52. The van der Waals surface area contributed by atoms with Crippen LogP contribution in [0.4, 0.5) is 4.79 Å². The number of hydrogen-bond acceptors (Lipinski definition) is 4. The smallest absolute Gasteiger partial charge is 0.420 e. The van der Waals surface area contributed by atoms with Gasteiger partial charge in [-0.05, 0) is 13.3 Å². The van der Waals surface area contributed by atoms with E-state index in [-0.39, 0.29) is 13.2 Å². The van der Waals surface area contributed by atoms with Crippen molar-refractivity contribution in [3.8, 4) is 0 Å². The maximum absolute atomic E-state index is 11.2. The summed E-state index contributed by atoms with van der Waals surface area (Å²) in [4.78, 5) is 22.4. The largest absolute Gasteiger partial charge is 0.460 e. The van der Waals surface area contributed by atoms with E-state index < -0.39 is 17.6 Å². The van der Waals surface area contributed by atoms with Crippen LogP contribution in [0.15, 0.2) is 12.2 Å². The third-order valence-corrected chi connectivity index (χ3v) is 3.53. The predicted octanol–water partition coefficient (Wildman–Crippen LogP) is 2.02. The molecule has 90 valence electrons. The van der Waals surface area contributed by atoms with Crippen molar-refractivity contribution in [1.82, 2.24) is 3.93 Å². The average Bonchev–Trinajstić information content (AvgIpc) is 2.55. The third kappa shape index (κ3) is 2.55. The van der Waals surface area contributed by atoms with E-state index in [4.69, 9.17) is 9.47 Å². The molecule has 1 heterocycles. The molecule has 1 aliphatic heterocycles. The second-order valence-corrected chi connectivity index (χ2v) is 4.23. The Kier molecular flexibility index (Phi) is 4.35. The number of esters is 1. The van der Waals surface area contributed by atoms with Gasteiger partial charge in [-0.3, -0.25) is 0 Å². The molecule has 0 aromatic carbocycles. The highest BCUT2D eigenvalue weighted by atomic mass is 79.9. The molecule has 0 aromatic rings. The molecule has 1 amide bonds. The van der Waals surface area contributed by atoms with Gasteiger partial charge < -0.3 is 9.47 Å². The lowest BCUT2D eigenvalue weighted by Gasteiger charge is -2.28. The Labute approximate surface area is 103 Å². The fourth-order valence-corrected chi connectivity index (χ4v) is 1.89. The maximum atomic E-state index is 11.2. The summed E-state index contributed by atoms with van der Waals surface area (Å²) in [5.41, 5.74) is -0.603. The molecule has 1 fully saturated rings. The molecule has 0 bridgehead atoms. The number of halogens is 1. The molecule has 16 heavy (non-hydrogen) atoms. The topological polar surface area (TPSA) is 55.8 Å². The van der Waals surface area contributed by atoms with Crippen LogP contribution in [0, 0.1) is 0 Å². The van der Waals surface area contributed by atoms with E-state index in [0.717, 1.165) is 0 Å². The highest BCUT2D eigenvalue weighted by Gasteiger charge is 2.46. The summed E-state index contributed by atoms with van der Waals surface area (Å²) in [6.45, 7) is 3.97. The number of nitrogens with zero attached hydrogens (tertiary/aromatic N) is 1. The van der Waals surface area contributed by atoms with Crippen molar-refractivity contribution >= 4 is 28.2 Å². The van der Waals surface area contributed by atoms with Crippen molar-refractivity contribution in [2.75, 3.05) is 13.2 Å². The monoisotopic (exact) mass is 291 g/mol. The molecular formula is C10H14BrNO4. The molecule has 1 rings (SSSR count). The van der Waals surface area contributed by atoms with Gasteiger partial charge in [0, 0.05) is 6.08 Å². The molecule has 0 spiro atoms. The van der Waals surface area contributed by atoms with Gasteiger partial charge in [0.1, 0.15) is 18.8 Å². The molecule has 5 nitrogen and oxygen atoms in total. The average molecular weight is 292 g/mol. The van der Waals surface area contributed by atoms with Crippen LogP contribution in [0.5, 0.6) is 0 Å². The molecule has 0 aromatic heterocycles. The van der Waals surface area contributed by atoms with Crippen LogP contribution in [-0.2, 0) is 14.3 Å². The van der Waals surface area contributed by atoms with Crippen LogP contribution >= 0.6 is 16.1 Å². The quantitative estimate of drug-likeness (QED) is 0.452. The first-order valence-corrected chi connectivity index (χ1v) is 5.69. The summed E-state index contributed by atoms with van der Waals surface area (Å²) in [5.74, 6) is -0.421. The summed E-state index contributed by atoms with van der Waals surface area (Å²) >= 11 is 3.13. The number of rotatable bonds is 4. The van der Waals surface area contributed by atoms with Crippen molar-refractivity contribution in [3.05, 3.63) is 12.2 Å². The first-order chi connectivity index (χ1) is 7.55. The van der Waals surface area contributed by atoms with Gasteiger partial charge in [-0.2, -0.15) is 0 Å². The van der Waals surface area contributed by atoms with Gasteiger partial charge in [0.2, 0.25) is 0 Å². The van der Waals surface area contributed by atoms with Crippen molar-refractivity contribution in [1.29, 1.82) is 0 Å². The number of amides is 1. The summed E-state index contributed by atoms with van der Waals surface area (Å²) in [5, 5.41) is 0. The molecular weight excluding hydrogens is 278 g/mol. The zero-order chi connectivity index (χ0) is 12.2.